The van der Waals surface area contributed by atoms with E-state index in [-0.39, 0.29) is 18.2 Å². The molecule has 0 saturated heterocycles. The van der Waals surface area contributed by atoms with Crippen molar-refractivity contribution in [1.82, 2.24) is 0 Å². The molecule has 0 N–H and O–H groups in total. The van der Waals surface area contributed by atoms with Crippen LogP contribution in [-0.4, -0.2) is 8.76 Å². The molecule has 1 unspecified atom stereocenters. The molecule has 1 aromatic rings. The lowest BCUT2D eigenvalue weighted by molar-refractivity contribution is -0.143. The Morgan fingerprint density at radius 2 is 1.24 bits per heavy atom. The van der Waals surface area contributed by atoms with E-state index in [2.05, 4.69) is 0 Å². The number of hydrogen-bond donors (Lipinski definition) is 0. The molecule has 0 aliphatic carbocycles. The number of rotatable bonds is 1. The molecule has 1 rings (SSSR count). The fraction of sp³-hybridized carbons (Fsp3) is 0.250. The minimum atomic E-state index is -5.05. The molecule has 0 bridgehead atoms. The molecule has 9 heteroatoms. The second kappa shape index (κ2) is 4.30. The minimum Gasteiger partial charge on any atom is -0.768 e. The highest BCUT2D eigenvalue weighted by Gasteiger charge is 2.36. The van der Waals surface area contributed by atoms with Crippen LogP contribution in [0, 0.1) is 0 Å². The Balaban J connectivity index is 3.45. The van der Waals surface area contributed by atoms with Crippen molar-refractivity contribution >= 4 is 11.1 Å². The highest BCUT2D eigenvalue weighted by atomic mass is 32.2. The molecule has 0 fully saturated rings. The Morgan fingerprint density at radius 1 is 0.882 bits per heavy atom. The van der Waals surface area contributed by atoms with Crippen molar-refractivity contribution in [2.75, 3.05) is 0 Å². The molecule has 17 heavy (non-hydrogen) atoms. The van der Waals surface area contributed by atoms with E-state index in [1.165, 1.54) is 0 Å². The van der Waals surface area contributed by atoms with E-state index in [0.29, 0.717) is 0 Å². The fourth-order valence-corrected chi connectivity index (χ4v) is 1.47. The van der Waals surface area contributed by atoms with Crippen LogP contribution in [0.3, 0.4) is 0 Å². The lowest BCUT2D eigenvalue weighted by atomic mass is 10.1. The van der Waals surface area contributed by atoms with Gasteiger partial charge >= 0.3 is 12.4 Å². The SMILES string of the molecule is O=S([O-])c1cc(C(F)(F)F)cc(C(F)(F)F)c1. The second-order valence-corrected chi connectivity index (χ2v) is 3.92. The van der Waals surface area contributed by atoms with Crippen molar-refractivity contribution in [2.45, 2.75) is 17.2 Å². The summed E-state index contributed by atoms with van der Waals surface area (Å²) < 4.78 is 94.2. The molecule has 0 amide bonds. The molecule has 0 spiro atoms. The third-order valence-corrected chi connectivity index (χ3v) is 2.37. The average Bonchev–Trinajstić information content (AvgIpc) is 2.14. The van der Waals surface area contributed by atoms with Gasteiger partial charge in [0, 0.05) is 4.90 Å². The third kappa shape index (κ3) is 3.43. The van der Waals surface area contributed by atoms with Crippen LogP contribution in [0.25, 0.3) is 0 Å². The maximum atomic E-state index is 12.2. The van der Waals surface area contributed by atoms with Gasteiger partial charge in [0.2, 0.25) is 0 Å². The molecule has 0 aliphatic rings. The monoisotopic (exact) mass is 277 g/mol. The number of benzene rings is 1. The largest absolute Gasteiger partial charge is 0.768 e. The summed E-state index contributed by atoms with van der Waals surface area (Å²) in [6, 6.07) is 0.132. The zero-order chi connectivity index (χ0) is 13.4. The molecule has 96 valence electrons. The van der Waals surface area contributed by atoms with E-state index in [0.717, 1.165) is 0 Å². The smallest absolute Gasteiger partial charge is 0.416 e. The molecular formula is C8H3F6O2S-. The molecule has 0 heterocycles. The lowest BCUT2D eigenvalue weighted by Gasteiger charge is -2.15. The first-order chi connectivity index (χ1) is 7.51. The molecule has 0 aliphatic heterocycles. The van der Waals surface area contributed by atoms with Gasteiger partial charge in [-0.25, -0.2) is 0 Å². The second-order valence-electron chi connectivity index (χ2n) is 2.98. The topological polar surface area (TPSA) is 40.1 Å². The van der Waals surface area contributed by atoms with E-state index in [1.807, 2.05) is 0 Å². The molecule has 0 saturated carbocycles. The first-order valence-electron chi connectivity index (χ1n) is 3.90. The van der Waals surface area contributed by atoms with Gasteiger partial charge in [0.15, 0.2) is 0 Å². The molecule has 1 atom stereocenters. The van der Waals surface area contributed by atoms with Crippen LogP contribution in [-0.2, 0) is 23.4 Å². The van der Waals surface area contributed by atoms with Crippen molar-refractivity contribution in [3.8, 4) is 0 Å². The maximum absolute atomic E-state index is 12.2. The molecule has 2 nitrogen and oxygen atoms in total. The Labute approximate surface area is 93.5 Å². The van der Waals surface area contributed by atoms with E-state index < -0.39 is 39.5 Å². The van der Waals surface area contributed by atoms with Crippen molar-refractivity contribution in [3.63, 3.8) is 0 Å². The summed E-state index contributed by atoms with van der Waals surface area (Å²) in [6.07, 6.45) is -10.1. The zero-order valence-corrected chi connectivity index (χ0v) is 8.54. The minimum absolute atomic E-state index is 0.137. The number of halogens is 6. The van der Waals surface area contributed by atoms with Crippen LogP contribution in [0.15, 0.2) is 23.1 Å². The van der Waals surface area contributed by atoms with Crippen LogP contribution < -0.4 is 0 Å². The van der Waals surface area contributed by atoms with Gasteiger partial charge in [0.05, 0.1) is 11.1 Å². The number of alkyl halides is 6. The van der Waals surface area contributed by atoms with Crippen LogP contribution in [0.4, 0.5) is 26.3 Å². The predicted octanol–water partition coefficient (Wildman–Crippen LogP) is 2.96. The zero-order valence-electron chi connectivity index (χ0n) is 7.72. The van der Waals surface area contributed by atoms with E-state index in [1.54, 1.807) is 0 Å². The summed E-state index contributed by atoms with van der Waals surface area (Å²) in [4.78, 5) is -1.06. The van der Waals surface area contributed by atoms with Gasteiger partial charge in [-0.2, -0.15) is 26.3 Å². The van der Waals surface area contributed by atoms with Crippen LogP contribution in [0.5, 0.6) is 0 Å². The summed E-state index contributed by atoms with van der Waals surface area (Å²) in [5.74, 6) is 0. The van der Waals surface area contributed by atoms with Gasteiger partial charge in [-0.3, -0.25) is 4.21 Å². The Hall–Kier alpha value is -1.09. The third-order valence-electron chi connectivity index (χ3n) is 1.75. The van der Waals surface area contributed by atoms with E-state index >= 15 is 0 Å². The molecular weight excluding hydrogens is 274 g/mol. The van der Waals surface area contributed by atoms with Gasteiger partial charge < -0.3 is 4.55 Å². The summed E-state index contributed by atoms with van der Waals surface area (Å²) in [5, 5.41) is 0. The summed E-state index contributed by atoms with van der Waals surface area (Å²) >= 11 is -3.17. The Kier molecular flexibility index (Phi) is 3.53. The summed E-state index contributed by atoms with van der Waals surface area (Å²) in [5.41, 5.74) is -3.32. The van der Waals surface area contributed by atoms with Gasteiger partial charge in [-0.1, -0.05) is 0 Å². The van der Waals surface area contributed by atoms with E-state index in [9.17, 15) is 35.1 Å². The predicted molar refractivity (Wildman–Crippen MR) is 43.6 cm³/mol. The van der Waals surface area contributed by atoms with Crippen LogP contribution in [0.2, 0.25) is 0 Å². The van der Waals surface area contributed by atoms with Crippen molar-refractivity contribution in [3.05, 3.63) is 29.3 Å². The summed E-state index contributed by atoms with van der Waals surface area (Å²) in [6.45, 7) is 0. The quantitative estimate of drug-likeness (QED) is 0.585. The Morgan fingerprint density at radius 3 is 1.47 bits per heavy atom. The van der Waals surface area contributed by atoms with Crippen LogP contribution in [0.1, 0.15) is 11.1 Å². The van der Waals surface area contributed by atoms with Gasteiger partial charge in [-0.05, 0) is 29.3 Å². The van der Waals surface area contributed by atoms with Gasteiger partial charge in [0.1, 0.15) is 0 Å². The van der Waals surface area contributed by atoms with Crippen molar-refractivity contribution in [2.24, 2.45) is 0 Å². The van der Waals surface area contributed by atoms with Crippen LogP contribution >= 0.6 is 0 Å². The van der Waals surface area contributed by atoms with Gasteiger partial charge in [-0.15, -0.1) is 0 Å². The summed E-state index contributed by atoms with van der Waals surface area (Å²) in [7, 11) is 0. The van der Waals surface area contributed by atoms with E-state index in [4.69, 9.17) is 0 Å². The maximum Gasteiger partial charge on any atom is 0.416 e. The molecule has 1 aromatic carbocycles. The Bertz CT molecular complexity index is 418. The fourth-order valence-electron chi connectivity index (χ4n) is 1.02. The first-order valence-corrected chi connectivity index (χ1v) is 4.98. The van der Waals surface area contributed by atoms with Crippen molar-refractivity contribution in [1.29, 1.82) is 0 Å². The standard InChI is InChI=1S/C8H4F6O2S/c9-7(10,11)4-1-5(8(12,13)14)3-6(2-4)17(15)16/h1-3H,(H,15,16)/p-1. The number of hydrogen-bond acceptors (Lipinski definition) is 2. The van der Waals surface area contributed by atoms with Crippen molar-refractivity contribution < 1.29 is 35.1 Å². The molecule has 0 radical (unpaired) electrons. The normalized spacial score (nSPS) is 14.8. The molecule has 0 aromatic heterocycles. The average molecular weight is 277 g/mol. The first kappa shape index (κ1) is 14.0. The highest BCUT2D eigenvalue weighted by molar-refractivity contribution is 7.79. The highest BCUT2D eigenvalue weighted by Crippen LogP contribution is 2.36. The lowest BCUT2D eigenvalue weighted by Crippen LogP contribution is -2.12. The van der Waals surface area contributed by atoms with Gasteiger partial charge in [0.25, 0.3) is 0 Å².